The smallest absolute Gasteiger partial charge is 0.321 e. The van der Waals surface area contributed by atoms with Crippen LogP contribution in [0.4, 0.5) is 0 Å². The molecule has 0 bridgehead atoms. The van der Waals surface area contributed by atoms with Gasteiger partial charge in [-0.1, -0.05) is 26.2 Å². The van der Waals surface area contributed by atoms with E-state index in [-0.39, 0.29) is 6.04 Å². The van der Waals surface area contributed by atoms with Gasteiger partial charge in [-0.15, -0.1) is 0 Å². The number of hydrogen-bond acceptors (Lipinski definition) is 2. The Morgan fingerprint density at radius 3 is 2.31 bits per heavy atom. The van der Waals surface area contributed by atoms with Gasteiger partial charge in [-0.05, 0) is 38.1 Å². The SMILES string of the molecule is CCN(C1CCCCC1)C(C(=O)O)C1CC1. The van der Waals surface area contributed by atoms with Gasteiger partial charge in [0, 0.05) is 6.04 Å². The summed E-state index contributed by atoms with van der Waals surface area (Å²) >= 11 is 0. The molecule has 92 valence electrons. The van der Waals surface area contributed by atoms with Crippen LogP contribution in [0.2, 0.25) is 0 Å². The van der Waals surface area contributed by atoms with E-state index in [4.69, 9.17) is 0 Å². The minimum absolute atomic E-state index is 0.201. The first-order valence-electron chi connectivity index (χ1n) is 6.72. The van der Waals surface area contributed by atoms with Gasteiger partial charge in [0.1, 0.15) is 6.04 Å². The molecule has 0 heterocycles. The summed E-state index contributed by atoms with van der Waals surface area (Å²) in [6, 6.07) is 0.327. The quantitative estimate of drug-likeness (QED) is 0.781. The highest BCUT2D eigenvalue weighted by Gasteiger charge is 2.42. The van der Waals surface area contributed by atoms with Crippen LogP contribution in [0.5, 0.6) is 0 Å². The zero-order valence-corrected chi connectivity index (χ0v) is 10.2. The van der Waals surface area contributed by atoms with Crippen molar-refractivity contribution in [1.29, 1.82) is 0 Å². The number of carbonyl (C=O) groups is 1. The summed E-state index contributed by atoms with van der Waals surface area (Å²) < 4.78 is 0. The van der Waals surface area contributed by atoms with Gasteiger partial charge in [-0.25, -0.2) is 0 Å². The molecule has 2 aliphatic carbocycles. The average molecular weight is 225 g/mol. The highest BCUT2D eigenvalue weighted by atomic mass is 16.4. The van der Waals surface area contributed by atoms with Crippen molar-refractivity contribution in [2.75, 3.05) is 6.54 Å². The Bertz CT molecular complexity index is 244. The van der Waals surface area contributed by atoms with Crippen LogP contribution in [-0.2, 0) is 4.79 Å². The molecule has 0 aromatic rings. The molecule has 1 N–H and O–H groups in total. The number of carboxylic acid groups (broad SMARTS) is 1. The Balaban J connectivity index is 2.02. The molecule has 0 aromatic heterocycles. The third-order valence-electron chi connectivity index (χ3n) is 4.09. The summed E-state index contributed by atoms with van der Waals surface area (Å²) in [5.41, 5.74) is 0. The van der Waals surface area contributed by atoms with Crippen molar-refractivity contribution in [2.45, 2.75) is 64.0 Å². The van der Waals surface area contributed by atoms with E-state index in [1.807, 2.05) is 0 Å². The third kappa shape index (κ3) is 2.57. The van der Waals surface area contributed by atoms with E-state index in [2.05, 4.69) is 11.8 Å². The molecule has 2 fully saturated rings. The Kier molecular flexibility index (Phi) is 3.85. The third-order valence-corrected chi connectivity index (χ3v) is 4.09. The van der Waals surface area contributed by atoms with Crippen LogP contribution < -0.4 is 0 Å². The van der Waals surface area contributed by atoms with Gasteiger partial charge >= 0.3 is 5.97 Å². The summed E-state index contributed by atoms with van der Waals surface area (Å²) in [6.45, 7) is 2.99. The molecule has 1 atom stereocenters. The average Bonchev–Trinajstić information content (AvgIpc) is 3.10. The molecule has 0 radical (unpaired) electrons. The van der Waals surface area contributed by atoms with E-state index in [0.717, 1.165) is 19.4 Å². The Labute approximate surface area is 97.8 Å². The lowest BCUT2D eigenvalue weighted by atomic mass is 9.92. The molecule has 0 saturated heterocycles. The number of nitrogens with zero attached hydrogens (tertiary/aromatic N) is 1. The fourth-order valence-electron chi connectivity index (χ4n) is 3.12. The van der Waals surface area contributed by atoms with E-state index in [1.165, 1.54) is 32.1 Å². The van der Waals surface area contributed by atoms with Crippen molar-refractivity contribution in [2.24, 2.45) is 5.92 Å². The highest BCUT2D eigenvalue weighted by molar-refractivity contribution is 5.74. The minimum Gasteiger partial charge on any atom is -0.480 e. The first kappa shape index (κ1) is 11.9. The number of likely N-dealkylation sites (N-methyl/N-ethyl adjacent to an activating group) is 1. The molecular weight excluding hydrogens is 202 g/mol. The monoisotopic (exact) mass is 225 g/mol. The van der Waals surface area contributed by atoms with Crippen LogP contribution in [-0.4, -0.2) is 34.6 Å². The number of hydrogen-bond donors (Lipinski definition) is 1. The number of rotatable bonds is 5. The molecule has 3 heteroatoms. The van der Waals surface area contributed by atoms with Crippen LogP contribution in [0.15, 0.2) is 0 Å². The Hall–Kier alpha value is -0.570. The van der Waals surface area contributed by atoms with E-state index < -0.39 is 5.97 Å². The van der Waals surface area contributed by atoms with Crippen molar-refractivity contribution >= 4 is 5.97 Å². The normalized spacial score (nSPS) is 24.6. The van der Waals surface area contributed by atoms with Crippen molar-refractivity contribution in [3.8, 4) is 0 Å². The summed E-state index contributed by atoms with van der Waals surface area (Å²) in [7, 11) is 0. The van der Waals surface area contributed by atoms with Crippen molar-refractivity contribution in [3.05, 3.63) is 0 Å². The first-order chi connectivity index (χ1) is 7.74. The van der Waals surface area contributed by atoms with Gasteiger partial charge in [-0.3, -0.25) is 9.69 Å². The van der Waals surface area contributed by atoms with E-state index >= 15 is 0 Å². The summed E-state index contributed by atoms with van der Waals surface area (Å²) in [5.74, 6) is -0.172. The van der Waals surface area contributed by atoms with Crippen LogP contribution in [0.25, 0.3) is 0 Å². The van der Waals surface area contributed by atoms with Crippen LogP contribution >= 0.6 is 0 Å². The zero-order valence-electron chi connectivity index (χ0n) is 10.2. The van der Waals surface area contributed by atoms with Gasteiger partial charge in [-0.2, -0.15) is 0 Å². The minimum atomic E-state index is -0.602. The molecule has 0 spiro atoms. The van der Waals surface area contributed by atoms with Crippen molar-refractivity contribution in [1.82, 2.24) is 4.90 Å². The van der Waals surface area contributed by atoms with Crippen molar-refractivity contribution < 1.29 is 9.90 Å². The predicted octanol–water partition coefficient (Wildman–Crippen LogP) is 2.50. The summed E-state index contributed by atoms with van der Waals surface area (Å²) in [5, 5.41) is 9.37. The molecule has 0 aliphatic heterocycles. The van der Waals surface area contributed by atoms with Crippen LogP contribution in [0.3, 0.4) is 0 Å². The molecule has 16 heavy (non-hydrogen) atoms. The second-order valence-corrected chi connectivity index (χ2v) is 5.24. The Morgan fingerprint density at radius 1 is 1.25 bits per heavy atom. The molecule has 2 saturated carbocycles. The summed E-state index contributed by atoms with van der Waals surface area (Å²) in [4.78, 5) is 13.6. The maximum atomic E-state index is 11.4. The largest absolute Gasteiger partial charge is 0.480 e. The first-order valence-corrected chi connectivity index (χ1v) is 6.72. The van der Waals surface area contributed by atoms with Gasteiger partial charge in [0.15, 0.2) is 0 Å². The Morgan fingerprint density at radius 2 is 1.88 bits per heavy atom. The second-order valence-electron chi connectivity index (χ2n) is 5.24. The molecular formula is C13H23NO2. The molecule has 0 amide bonds. The lowest BCUT2D eigenvalue weighted by Crippen LogP contribution is -2.49. The molecule has 1 unspecified atom stereocenters. The van der Waals surface area contributed by atoms with Gasteiger partial charge in [0.25, 0.3) is 0 Å². The maximum absolute atomic E-state index is 11.4. The van der Waals surface area contributed by atoms with Crippen LogP contribution in [0, 0.1) is 5.92 Å². The van der Waals surface area contributed by atoms with Gasteiger partial charge in [0.2, 0.25) is 0 Å². The van der Waals surface area contributed by atoms with Gasteiger partial charge < -0.3 is 5.11 Å². The number of aliphatic carboxylic acids is 1. The molecule has 2 aliphatic rings. The van der Waals surface area contributed by atoms with E-state index in [9.17, 15) is 9.90 Å². The van der Waals surface area contributed by atoms with E-state index in [1.54, 1.807) is 0 Å². The lowest BCUT2D eigenvalue weighted by molar-refractivity contribution is -0.145. The fourth-order valence-corrected chi connectivity index (χ4v) is 3.12. The molecule has 2 rings (SSSR count). The zero-order chi connectivity index (χ0) is 11.5. The van der Waals surface area contributed by atoms with Crippen molar-refractivity contribution in [3.63, 3.8) is 0 Å². The highest BCUT2D eigenvalue weighted by Crippen LogP contribution is 2.37. The fraction of sp³-hybridized carbons (Fsp3) is 0.923. The summed E-state index contributed by atoms with van der Waals surface area (Å²) in [6.07, 6.45) is 8.50. The number of carboxylic acids is 1. The molecule has 3 nitrogen and oxygen atoms in total. The topological polar surface area (TPSA) is 40.5 Å². The molecule has 0 aromatic carbocycles. The van der Waals surface area contributed by atoms with Crippen LogP contribution in [0.1, 0.15) is 51.9 Å². The standard InChI is InChI=1S/C13H23NO2/c1-2-14(11-6-4-3-5-7-11)12(13(15)16)10-8-9-10/h10-12H,2-9H2,1H3,(H,15,16). The second kappa shape index (κ2) is 5.17. The maximum Gasteiger partial charge on any atom is 0.321 e. The van der Waals surface area contributed by atoms with Gasteiger partial charge in [0.05, 0.1) is 0 Å². The predicted molar refractivity (Wildman–Crippen MR) is 63.4 cm³/mol. The lowest BCUT2D eigenvalue weighted by Gasteiger charge is -2.37. The van der Waals surface area contributed by atoms with E-state index in [0.29, 0.717) is 12.0 Å².